The van der Waals surface area contributed by atoms with Crippen LogP contribution in [0.1, 0.15) is 15.9 Å². The molecule has 0 aliphatic heterocycles. The van der Waals surface area contributed by atoms with Crippen LogP contribution in [0, 0.1) is 17.1 Å². The van der Waals surface area contributed by atoms with Crippen molar-refractivity contribution in [2.24, 2.45) is 7.05 Å². The average molecular weight is 245 g/mol. The molecular weight excluding hydrogens is 237 g/mol. The van der Waals surface area contributed by atoms with E-state index in [-0.39, 0.29) is 16.9 Å². The average Bonchev–Trinajstić information content (AvgIpc) is 2.69. The van der Waals surface area contributed by atoms with E-state index in [1.807, 2.05) is 6.07 Å². The molecule has 7 heteroatoms. The quantitative estimate of drug-likeness (QED) is 0.858. The van der Waals surface area contributed by atoms with Gasteiger partial charge in [0.25, 0.3) is 5.91 Å². The van der Waals surface area contributed by atoms with Gasteiger partial charge in [-0.1, -0.05) is 0 Å². The predicted octanol–water partition coefficient (Wildman–Crippen LogP) is 1.08. The van der Waals surface area contributed by atoms with E-state index in [4.69, 9.17) is 5.26 Å². The van der Waals surface area contributed by atoms with E-state index in [2.05, 4.69) is 15.4 Å². The molecule has 2 heterocycles. The summed E-state index contributed by atoms with van der Waals surface area (Å²) in [6.07, 6.45) is 3.70. The first-order chi connectivity index (χ1) is 8.60. The van der Waals surface area contributed by atoms with E-state index < -0.39 is 11.7 Å². The third-order valence-corrected chi connectivity index (χ3v) is 2.15. The van der Waals surface area contributed by atoms with Crippen LogP contribution in [0.25, 0.3) is 0 Å². The molecule has 6 nitrogen and oxygen atoms in total. The van der Waals surface area contributed by atoms with Crippen molar-refractivity contribution in [2.45, 2.75) is 0 Å². The van der Waals surface area contributed by atoms with Crippen molar-refractivity contribution in [3.8, 4) is 6.07 Å². The number of halogens is 1. The lowest BCUT2D eigenvalue weighted by molar-refractivity contribution is 0.102. The molecular formula is C11H8FN5O. The molecule has 0 spiro atoms. The van der Waals surface area contributed by atoms with Gasteiger partial charge in [-0.05, 0) is 6.07 Å². The molecule has 2 aromatic heterocycles. The Bertz CT molecular complexity index is 643. The van der Waals surface area contributed by atoms with Gasteiger partial charge in [0.2, 0.25) is 0 Å². The largest absolute Gasteiger partial charge is 0.304 e. The molecule has 90 valence electrons. The van der Waals surface area contributed by atoms with Gasteiger partial charge in [0.05, 0.1) is 11.8 Å². The summed E-state index contributed by atoms with van der Waals surface area (Å²) < 4.78 is 14.3. The number of nitriles is 1. The lowest BCUT2D eigenvalue weighted by Gasteiger charge is -2.01. The maximum Gasteiger partial charge on any atom is 0.258 e. The molecule has 2 aromatic rings. The molecule has 0 saturated carbocycles. The summed E-state index contributed by atoms with van der Waals surface area (Å²) >= 11 is 0. The van der Waals surface area contributed by atoms with Crippen LogP contribution in [0.4, 0.5) is 10.2 Å². The number of nitrogens with one attached hydrogen (secondary N) is 1. The van der Waals surface area contributed by atoms with Gasteiger partial charge in [0.15, 0.2) is 5.82 Å². The normalized spacial score (nSPS) is 9.83. The summed E-state index contributed by atoms with van der Waals surface area (Å²) in [6, 6.07) is 2.95. The van der Waals surface area contributed by atoms with Crippen LogP contribution in [-0.2, 0) is 7.05 Å². The SMILES string of the molecule is Cn1cc(C#N)c(NC(=O)c2cncc(F)c2)n1. The lowest BCUT2D eigenvalue weighted by atomic mass is 10.2. The zero-order chi connectivity index (χ0) is 13.1. The first-order valence-corrected chi connectivity index (χ1v) is 4.96. The van der Waals surface area contributed by atoms with Crippen LogP contribution >= 0.6 is 0 Å². The monoisotopic (exact) mass is 245 g/mol. The highest BCUT2D eigenvalue weighted by atomic mass is 19.1. The van der Waals surface area contributed by atoms with Gasteiger partial charge in [-0.2, -0.15) is 10.4 Å². The van der Waals surface area contributed by atoms with Crippen molar-refractivity contribution in [1.29, 1.82) is 5.26 Å². The fourth-order valence-corrected chi connectivity index (χ4v) is 1.38. The molecule has 0 aromatic carbocycles. The Balaban J connectivity index is 2.24. The van der Waals surface area contributed by atoms with Gasteiger partial charge >= 0.3 is 0 Å². The lowest BCUT2D eigenvalue weighted by Crippen LogP contribution is -2.13. The number of amides is 1. The Morgan fingerprint density at radius 3 is 3.00 bits per heavy atom. The van der Waals surface area contributed by atoms with Crippen LogP contribution in [0.5, 0.6) is 0 Å². The summed E-state index contributed by atoms with van der Waals surface area (Å²) in [4.78, 5) is 15.3. The second-order valence-electron chi connectivity index (χ2n) is 3.52. The van der Waals surface area contributed by atoms with Crippen LogP contribution in [0.15, 0.2) is 24.7 Å². The zero-order valence-corrected chi connectivity index (χ0v) is 9.38. The molecule has 1 amide bonds. The topological polar surface area (TPSA) is 83.6 Å². The number of aryl methyl sites for hydroxylation is 1. The maximum absolute atomic E-state index is 12.9. The Hall–Kier alpha value is -2.75. The molecule has 0 aliphatic rings. The van der Waals surface area contributed by atoms with Gasteiger partial charge in [-0.15, -0.1) is 0 Å². The Labute approximate surface area is 102 Å². The number of pyridine rings is 1. The highest BCUT2D eigenvalue weighted by Gasteiger charge is 2.13. The van der Waals surface area contributed by atoms with Crippen molar-refractivity contribution in [3.63, 3.8) is 0 Å². The van der Waals surface area contributed by atoms with E-state index in [1.54, 1.807) is 7.05 Å². The number of hydrogen-bond donors (Lipinski definition) is 1. The highest BCUT2D eigenvalue weighted by Crippen LogP contribution is 2.12. The predicted molar refractivity (Wildman–Crippen MR) is 60.1 cm³/mol. The Morgan fingerprint density at radius 2 is 2.33 bits per heavy atom. The summed E-state index contributed by atoms with van der Waals surface area (Å²) in [5, 5.41) is 15.2. The standard InChI is InChI=1S/C11H8FN5O/c1-17-6-8(3-13)10(16-17)15-11(18)7-2-9(12)5-14-4-7/h2,4-6H,1H3,(H,15,16,18). The molecule has 0 unspecified atom stereocenters. The van der Waals surface area contributed by atoms with E-state index in [0.717, 1.165) is 12.3 Å². The first-order valence-electron chi connectivity index (χ1n) is 4.96. The summed E-state index contributed by atoms with van der Waals surface area (Å²) in [5.74, 6) is -1.05. The van der Waals surface area contributed by atoms with Crippen molar-refractivity contribution in [2.75, 3.05) is 5.32 Å². The Morgan fingerprint density at radius 1 is 1.56 bits per heavy atom. The minimum atomic E-state index is -0.607. The number of carbonyl (C=O) groups excluding carboxylic acids is 1. The molecule has 2 rings (SSSR count). The fourth-order valence-electron chi connectivity index (χ4n) is 1.38. The first kappa shape index (κ1) is 11.7. The molecule has 0 radical (unpaired) electrons. The van der Waals surface area contributed by atoms with Crippen molar-refractivity contribution >= 4 is 11.7 Å². The molecule has 1 N–H and O–H groups in total. The van der Waals surface area contributed by atoms with Gasteiger partial charge < -0.3 is 5.32 Å². The number of aromatic nitrogens is 3. The van der Waals surface area contributed by atoms with Gasteiger partial charge in [0.1, 0.15) is 17.4 Å². The van der Waals surface area contributed by atoms with Crippen LogP contribution in [0.3, 0.4) is 0 Å². The fraction of sp³-hybridized carbons (Fsp3) is 0.0909. The third-order valence-electron chi connectivity index (χ3n) is 2.15. The minimum Gasteiger partial charge on any atom is -0.304 e. The summed E-state index contributed by atoms with van der Waals surface area (Å²) in [6.45, 7) is 0. The number of rotatable bonds is 2. The number of hydrogen-bond acceptors (Lipinski definition) is 4. The molecule has 18 heavy (non-hydrogen) atoms. The Kier molecular flexibility index (Phi) is 3.02. The second kappa shape index (κ2) is 4.63. The summed E-state index contributed by atoms with van der Waals surface area (Å²) in [5.41, 5.74) is 0.291. The van der Waals surface area contributed by atoms with Crippen LogP contribution in [-0.4, -0.2) is 20.7 Å². The second-order valence-corrected chi connectivity index (χ2v) is 3.52. The van der Waals surface area contributed by atoms with E-state index in [9.17, 15) is 9.18 Å². The van der Waals surface area contributed by atoms with Crippen LogP contribution < -0.4 is 5.32 Å². The van der Waals surface area contributed by atoms with E-state index in [0.29, 0.717) is 0 Å². The zero-order valence-electron chi connectivity index (χ0n) is 9.38. The van der Waals surface area contributed by atoms with Gasteiger partial charge in [-0.3, -0.25) is 14.5 Å². The molecule has 0 aliphatic carbocycles. The minimum absolute atomic E-state index is 0.0598. The molecule has 0 bridgehead atoms. The van der Waals surface area contributed by atoms with E-state index in [1.165, 1.54) is 17.1 Å². The summed E-state index contributed by atoms with van der Waals surface area (Å²) in [7, 11) is 1.63. The van der Waals surface area contributed by atoms with Gasteiger partial charge in [-0.25, -0.2) is 4.39 Å². The van der Waals surface area contributed by atoms with Gasteiger partial charge in [0, 0.05) is 19.4 Å². The number of nitrogens with zero attached hydrogens (tertiary/aromatic N) is 4. The van der Waals surface area contributed by atoms with Crippen molar-refractivity contribution in [1.82, 2.24) is 14.8 Å². The maximum atomic E-state index is 12.9. The highest BCUT2D eigenvalue weighted by molar-refractivity contribution is 6.04. The van der Waals surface area contributed by atoms with Crippen molar-refractivity contribution < 1.29 is 9.18 Å². The molecule has 0 saturated heterocycles. The smallest absolute Gasteiger partial charge is 0.258 e. The molecule has 0 fully saturated rings. The molecule has 0 atom stereocenters. The van der Waals surface area contributed by atoms with Crippen LogP contribution in [0.2, 0.25) is 0 Å². The number of anilines is 1. The van der Waals surface area contributed by atoms with Crippen molar-refractivity contribution in [3.05, 3.63) is 41.6 Å². The third kappa shape index (κ3) is 2.32. The number of carbonyl (C=O) groups is 1. The van der Waals surface area contributed by atoms with E-state index >= 15 is 0 Å².